The summed E-state index contributed by atoms with van der Waals surface area (Å²) in [7, 11) is 1.59. The number of nitrogens with one attached hydrogen (secondary N) is 2. The van der Waals surface area contributed by atoms with Crippen LogP contribution in [0.15, 0.2) is 40.9 Å². The van der Waals surface area contributed by atoms with Crippen LogP contribution in [0, 0.1) is 13.8 Å². The van der Waals surface area contributed by atoms with Crippen LogP contribution in [0.1, 0.15) is 21.6 Å². The lowest BCUT2D eigenvalue weighted by molar-refractivity contribution is -0.116. The Kier molecular flexibility index (Phi) is 5.08. The predicted octanol–water partition coefficient (Wildman–Crippen LogP) is 3.65. The first-order chi connectivity index (χ1) is 12.3. The third-order valence-electron chi connectivity index (χ3n) is 4.11. The molecule has 3 rings (SSSR count). The van der Waals surface area contributed by atoms with Crippen molar-refractivity contribution in [2.24, 2.45) is 0 Å². The molecule has 2 N–H and O–H groups in total. The zero-order chi connectivity index (χ0) is 18.8. The second-order valence-corrected chi connectivity index (χ2v) is 7.21. The van der Waals surface area contributed by atoms with Gasteiger partial charge in [-0.1, -0.05) is 27.6 Å². The molecule has 26 heavy (non-hydrogen) atoms. The van der Waals surface area contributed by atoms with Gasteiger partial charge in [0.25, 0.3) is 5.91 Å². The van der Waals surface area contributed by atoms with Crippen LogP contribution in [0.4, 0.5) is 5.69 Å². The Morgan fingerprint density at radius 2 is 1.96 bits per heavy atom. The highest BCUT2D eigenvalue weighted by Gasteiger charge is 2.20. The van der Waals surface area contributed by atoms with Gasteiger partial charge in [0.05, 0.1) is 12.1 Å². The molecule has 2 aromatic carbocycles. The van der Waals surface area contributed by atoms with Gasteiger partial charge in [0, 0.05) is 22.6 Å². The Hall–Kier alpha value is -2.67. The molecule has 134 valence electrons. The maximum Gasteiger partial charge on any atom is 0.275 e. The lowest BCUT2D eigenvalue weighted by Gasteiger charge is -2.16. The number of aromatic amines is 1. The fraction of sp³-hybridized carbons (Fsp3) is 0.211. The monoisotopic (exact) mass is 414 g/mol. The van der Waals surface area contributed by atoms with Gasteiger partial charge in [0.2, 0.25) is 5.91 Å². The van der Waals surface area contributed by atoms with Crippen LogP contribution in [0.3, 0.4) is 0 Å². The summed E-state index contributed by atoms with van der Waals surface area (Å²) >= 11 is 3.39. The summed E-state index contributed by atoms with van der Waals surface area (Å²) in [6.07, 6.45) is 0. The highest BCUT2D eigenvalue weighted by molar-refractivity contribution is 9.10. The standard InChI is InChI=1S/C19H19BrN4O2/c1-11-4-6-16-14(8-11)18(23-22-16)19(26)24(3)10-17(25)21-15-7-5-13(20)9-12(15)2/h4-9H,10H2,1-3H3,(H,21,25)(H,22,23). The molecule has 3 aromatic rings. The van der Waals surface area contributed by atoms with Gasteiger partial charge in [-0.2, -0.15) is 5.10 Å². The van der Waals surface area contributed by atoms with Gasteiger partial charge in [0.15, 0.2) is 5.69 Å². The number of nitrogens with zero attached hydrogens (tertiary/aromatic N) is 2. The SMILES string of the molecule is Cc1ccc2[nH]nc(C(=O)N(C)CC(=O)Nc3ccc(Br)cc3C)c2c1. The summed E-state index contributed by atoms with van der Waals surface area (Å²) in [6, 6.07) is 11.3. The second kappa shape index (κ2) is 7.29. The summed E-state index contributed by atoms with van der Waals surface area (Å²) in [4.78, 5) is 26.4. The molecule has 0 aliphatic heterocycles. The Morgan fingerprint density at radius 1 is 1.19 bits per heavy atom. The third-order valence-corrected chi connectivity index (χ3v) is 4.60. The number of likely N-dealkylation sites (N-methyl/N-ethyl adjacent to an activating group) is 1. The number of carbonyl (C=O) groups is 2. The van der Waals surface area contributed by atoms with E-state index in [9.17, 15) is 9.59 Å². The molecule has 1 heterocycles. The Bertz CT molecular complexity index is 996. The van der Waals surface area contributed by atoms with Crippen LogP contribution in [-0.2, 0) is 4.79 Å². The molecule has 0 atom stereocenters. The number of hydrogen-bond donors (Lipinski definition) is 2. The first-order valence-corrected chi connectivity index (χ1v) is 8.90. The second-order valence-electron chi connectivity index (χ2n) is 6.29. The van der Waals surface area contributed by atoms with Gasteiger partial charge >= 0.3 is 0 Å². The maximum absolute atomic E-state index is 12.7. The van der Waals surface area contributed by atoms with Crippen molar-refractivity contribution in [1.82, 2.24) is 15.1 Å². The topological polar surface area (TPSA) is 78.1 Å². The van der Waals surface area contributed by atoms with Gasteiger partial charge in [-0.15, -0.1) is 0 Å². The van der Waals surface area contributed by atoms with E-state index >= 15 is 0 Å². The van der Waals surface area contributed by atoms with E-state index in [0.717, 1.165) is 32.2 Å². The van der Waals surface area contributed by atoms with E-state index in [2.05, 4.69) is 31.4 Å². The predicted molar refractivity (Wildman–Crippen MR) is 105 cm³/mol. The van der Waals surface area contributed by atoms with Crippen molar-refractivity contribution in [2.45, 2.75) is 13.8 Å². The number of H-pyrrole nitrogens is 1. The average Bonchev–Trinajstić information content (AvgIpc) is 2.99. The van der Waals surface area contributed by atoms with E-state index < -0.39 is 0 Å². The minimum atomic E-state index is -0.301. The number of fused-ring (bicyclic) bond motifs is 1. The first-order valence-electron chi connectivity index (χ1n) is 8.11. The number of carbonyl (C=O) groups excluding carboxylic acids is 2. The van der Waals surface area contributed by atoms with Crippen molar-refractivity contribution in [3.05, 3.63) is 57.7 Å². The van der Waals surface area contributed by atoms with Gasteiger partial charge in [-0.3, -0.25) is 14.7 Å². The zero-order valence-corrected chi connectivity index (χ0v) is 16.3. The number of hydrogen-bond acceptors (Lipinski definition) is 3. The largest absolute Gasteiger partial charge is 0.331 e. The molecule has 0 spiro atoms. The molecule has 1 aromatic heterocycles. The number of halogens is 1. The fourth-order valence-corrected chi connectivity index (χ4v) is 3.19. The molecule has 0 unspecified atom stereocenters. The number of benzene rings is 2. The molecule has 0 saturated carbocycles. The summed E-state index contributed by atoms with van der Waals surface area (Å²) in [6.45, 7) is 3.81. The molecule has 0 saturated heterocycles. The molecule has 0 aliphatic rings. The van der Waals surface area contributed by atoms with Gasteiger partial charge in [-0.05, 0) is 49.7 Å². The summed E-state index contributed by atoms with van der Waals surface area (Å²) < 4.78 is 0.945. The quantitative estimate of drug-likeness (QED) is 0.683. The fourth-order valence-electron chi connectivity index (χ4n) is 2.72. The van der Waals surface area contributed by atoms with Gasteiger partial charge in [0.1, 0.15) is 0 Å². The number of aromatic nitrogens is 2. The van der Waals surface area contributed by atoms with Crippen molar-refractivity contribution in [1.29, 1.82) is 0 Å². The number of aryl methyl sites for hydroxylation is 2. The normalized spacial score (nSPS) is 10.8. The first kappa shape index (κ1) is 18.1. The van der Waals surface area contributed by atoms with Crippen molar-refractivity contribution in [2.75, 3.05) is 18.9 Å². The molecule has 0 radical (unpaired) electrons. The zero-order valence-electron chi connectivity index (χ0n) is 14.8. The van der Waals surface area contributed by atoms with E-state index in [4.69, 9.17) is 0 Å². The summed E-state index contributed by atoms with van der Waals surface area (Å²) in [5.74, 6) is -0.563. The van der Waals surface area contributed by atoms with E-state index in [1.54, 1.807) is 7.05 Å². The van der Waals surface area contributed by atoms with E-state index in [1.165, 1.54) is 4.90 Å². The summed E-state index contributed by atoms with van der Waals surface area (Å²) in [5, 5.41) is 10.6. The Balaban J connectivity index is 1.72. The molecule has 2 amide bonds. The lowest BCUT2D eigenvalue weighted by Crippen LogP contribution is -2.35. The smallest absolute Gasteiger partial charge is 0.275 e. The lowest BCUT2D eigenvalue weighted by atomic mass is 10.1. The van der Waals surface area contributed by atoms with Gasteiger partial charge in [-0.25, -0.2) is 0 Å². The van der Waals surface area contributed by atoms with E-state index in [-0.39, 0.29) is 18.4 Å². The van der Waals surface area contributed by atoms with E-state index in [0.29, 0.717) is 5.69 Å². The third kappa shape index (κ3) is 3.77. The Labute approximate surface area is 159 Å². The summed E-state index contributed by atoms with van der Waals surface area (Å²) in [5.41, 5.74) is 3.82. The highest BCUT2D eigenvalue weighted by Crippen LogP contribution is 2.21. The molecular weight excluding hydrogens is 396 g/mol. The molecule has 0 fully saturated rings. The average molecular weight is 415 g/mol. The molecule has 0 aliphatic carbocycles. The van der Waals surface area contributed by atoms with E-state index in [1.807, 2.05) is 50.2 Å². The van der Waals surface area contributed by atoms with Crippen LogP contribution in [-0.4, -0.2) is 40.5 Å². The number of rotatable bonds is 4. The van der Waals surface area contributed by atoms with Crippen molar-refractivity contribution in [3.63, 3.8) is 0 Å². The van der Waals surface area contributed by atoms with Gasteiger partial charge < -0.3 is 10.2 Å². The molecule has 6 nitrogen and oxygen atoms in total. The minimum Gasteiger partial charge on any atom is -0.331 e. The molecule has 0 bridgehead atoms. The van der Waals surface area contributed by atoms with Crippen LogP contribution in [0.25, 0.3) is 10.9 Å². The number of amides is 2. The van der Waals surface area contributed by atoms with Crippen molar-refractivity contribution >= 4 is 44.3 Å². The Morgan fingerprint density at radius 3 is 2.69 bits per heavy atom. The minimum absolute atomic E-state index is 0.0610. The van der Waals surface area contributed by atoms with Crippen LogP contribution >= 0.6 is 15.9 Å². The maximum atomic E-state index is 12.7. The van der Waals surface area contributed by atoms with Crippen LogP contribution in [0.5, 0.6) is 0 Å². The molecule has 7 heteroatoms. The van der Waals surface area contributed by atoms with Crippen molar-refractivity contribution < 1.29 is 9.59 Å². The highest BCUT2D eigenvalue weighted by atomic mass is 79.9. The molecular formula is C19H19BrN4O2. The van der Waals surface area contributed by atoms with Crippen molar-refractivity contribution in [3.8, 4) is 0 Å². The van der Waals surface area contributed by atoms with Crippen LogP contribution in [0.2, 0.25) is 0 Å². The van der Waals surface area contributed by atoms with Crippen LogP contribution < -0.4 is 5.32 Å². The number of anilines is 1.